The van der Waals surface area contributed by atoms with Gasteiger partial charge in [0.25, 0.3) is 0 Å². The molecular weight excluding hydrogens is 464 g/mol. The molecule has 0 aliphatic carbocycles. The van der Waals surface area contributed by atoms with Gasteiger partial charge in [-0.25, -0.2) is 9.59 Å². The van der Waals surface area contributed by atoms with Crippen molar-refractivity contribution in [1.82, 2.24) is 0 Å². The van der Waals surface area contributed by atoms with Gasteiger partial charge in [-0.05, 0) is 54.6 Å². The van der Waals surface area contributed by atoms with Crippen molar-refractivity contribution >= 4 is 32.9 Å². The van der Waals surface area contributed by atoms with E-state index in [-0.39, 0.29) is 5.75 Å². The summed E-state index contributed by atoms with van der Waals surface area (Å²) in [6.45, 7) is 0. The first-order chi connectivity index (χ1) is 15.0. The monoisotopic (exact) mass is 480 g/mol. The van der Waals surface area contributed by atoms with Gasteiger partial charge in [-0.3, -0.25) is 0 Å². The lowest BCUT2D eigenvalue weighted by Gasteiger charge is -2.10. The third-order valence-corrected chi connectivity index (χ3v) is 5.23. The highest BCUT2D eigenvalue weighted by Crippen LogP contribution is 2.33. The topological polar surface area (TPSA) is 75.0 Å². The number of carbonyl (C=O) groups is 1. The molecular formula is C24H17BrO6. The van der Waals surface area contributed by atoms with E-state index in [0.717, 1.165) is 4.47 Å². The number of ether oxygens (including phenoxy) is 3. The molecule has 0 unspecified atom stereocenters. The minimum Gasteiger partial charge on any atom is -0.497 e. The second-order valence-corrected chi connectivity index (χ2v) is 7.53. The van der Waals surface area contributed by atoms with Gasteiger partial charge in [0.2, 0.25) is 0 Å². The molecule has 0 saturated carbocycles. The minimum atomic E-state index is -0.535. The Morgan fingerprint density at radius 1 is 0.839 bits per heavy atom. The van der Waals surface area contributed by atoms with Gasteiger partial charge in [-0.15, -0.1) is 0 Å². The Morgan fingerprint density at radius 3 is 2.29 bits per heavy atom. The quantitative estimate of drug-likeness (QED) is 0.214. The summed E-state index contributed by atoms with van der Waals surface area (Å²) in [5, 5.41) is 0.677. The van der Waals surface area contributed by atoms with Gasteiger partial charge in [0.1, 0.15) is 22.8 Å². The van der Waals surface area contributed by atoms with E-state index in [1.54, 1.807) is 67.8 Å². The van der Waals surface area contributed by atoms with Crippen LogP contribution in [0.1, 0.15) is 10.4 Å². The Balaban J connectivity index is 1.68. The van der Waals surface area contributed by atoms with Crippen LogP contribution in [0.2, 0.25) is 0 Å². The molecule has 0 saturated heterocycles. The first-order valence-electron chi connectivity index (χ1n) is 9.26. The maximum absolute atomic E-state index is 12.7. The summed E-state index contributed by atoms with van der Waals surface area (Å²) in [7, 11) is 3.08. The van der Waals surface area contributed by atoms with E-state index in [0.29, 0.717) is 39.2 Å². The molecule has 7 heteroatoms. The number of hydrogen-bond acceptors (Lipinski definition) is 6. The molecule has 4 aromatic rings. The molecule has 0 fully saturated rings. The van der Waals surface area contributed by atoms with Crippen LogP contribution in [-0.2, 0) is 0 Å². The molecule has 0 spiro atoms. The summed E-state index contributed by atoms with van der Waals surface area (Å²) >= 11 is 3.33. The molecule has 156 valence electrons. The molecule has 0 radical (unpaired) electrons. The fraction of sp³-hybridized carbons (Fsp3) is 0.0833. The van der Waals surface area contributed by atoms with Gasteiger partial charge in [0, 0.05) is 27.6 Å². The summed E-state index contributed by atoms with van der Waals surface area (Å²) in [4.78, 5) is 25.0. The standard InChI is InChI=1S/C24H17BrO6/c1-28-17-9-10-19(22(12-17)29-2)20-11-15-5-8-18(13-21(15)31-24(20)27)30-23(26)14-3-6-16(25)7-4-14/h3-13H,1-2H3. The molecule has 1 aromatic heterocycles. The molecule has 1 heterocycles. The highest BCUT2D eigenvalue weighted by atomic mass is 79.9. The minimum absolute atomic E-state index is 0.276. The van der Waals surface area contributed by atoms with Gasteiger partial charge >= 0.3 is 11.6 Å². The van der Waals surface area contributed by atoms with Crippen molar-refractivity contribution in [1.29, 1.82) is 0 Å². The van der Waals surface area contributed by atoms with Crippen LogP contribution < -0.4 is 19.8 Å². The van der Waals surface area contributed by atoms with Crippen LogP contribution in [0.4, 0.5) is 0 Å². The highest BCUT2D eigenvalue weighted by molar-refractivity contribution is 9.10. The van der Waals surface area contributed by atoms with Crippen molar-refractivity contribution in [2.75, 3.05) is 14.2 Å². The normalized spacial score (nSPS) is 10.7. The van der Waals surface area contributed by atoms with Crippen LogP contribution in [-0.4, -0.2) is 20.2 Å². The lowest BCUT2D eigenvalue weighted by Crippen LogP contribution is -2.08. The van der Waals surface area contributed by atoms with Crippen molar-refractivity contribution in [2.45, 2.75) is 0 Å². The fourth-order valence-electron chi connectivity index (χ4n) is 3.12. The predicted molar refractivity (Wildman–Crippen MR) is 120 cm³/mol. The maximum atomic E-state index is 12.7. The van der Waals surface area contributed by atoms with Gasteiger partial charge < -0.3 is 18.6 Å². The van der Waals surface area contributed by atoms with Crippen LogP contribution in [0.15, 0.2) is 80.4 Å². The van der Waals surface area contributed by atoms with Gasteiger partial charge in [0.05, 0.1) is 25.3 Å². The van der Waals surface area contributed by atoms with Crippen molar-refractivity contribution in [3.8, 4) is 28.4 Å². The lowest BCUT2D eigenvalue weighted by atomic mass is 10.0. The van der Waals surface area contributed by atoms with Crippen molar-refractivity contribution < 1.29 is 23.4 Å². The Hall–Kier alpha value is -3.58. The zero-order valence-corrected chi connectivity index (χ0v) is 18.3. The molecule has 0 aliphatic heterocycles. The number of benzene rings is 3. The number of rotatable bonds is 5. The Kier molecular flexibility index (Phi) is 5.77. The third-order valence-electron chi connectivity index (χ3n) is 4.70. The first kappa shape index (κ1) is 20.7. The second-order valence-electron chi connectivity index (χ2n) is 6.61. The van der Waals surface area contributed by atoms with E-state index in [9.17, 15) is 9.59 Å². The number of esters is 1. The summed E-state index contributed by atoms with van der Waals surface area (Å²) in [5.41, 5.74) is 1.12. The predicted octanol–water partition coefficient (Wildman–Crippen LogP) is 5.46. The molecule has 0 N–H and O–H groups in total. The highest BCUT2D eigenvalue weighted by Gasteiger charge is 2.15. The van der Waals surface area contributed by atoms with Crippen molar-refractivity contribution in [2.24, 2.45) is 0 Å². The summed E-state index contributed by atoms with van der Waals surface area (Å²) in [6, 6.07) is 18.6. The molecule has 0 bridgehead atoms. The van der Waals surface area contributed by atoms with Crippen LogP contribution in [0, 0.1) is 0 Å². The molecule has 6 nitrogen and oxygen atoms in total. The number of carbonyl (C=O) groups excluding carboxylic acids is 1. The summed E-state index contributed by atoms with van der Waals surface area (Å²) < 4.78 is 22.4. The van der Waals surface area contributed by atoms with Crippen LogP contribution in [0.5, 0.6) is 17.2 Å². The average molecular weight is 481 g/mol. The van der Waals surface area contributed by atoms with Gasteiger partial charge in [-0.1, -0.05) is 15.9 Å². The molecule has 0 amide bonds. The SMILES string of the molecule is COc1ccc(-c2cc3ccc(OC(=O)c4ccc(Br)cc4)cc3oc2=O)c(OC)c1. The molecule has 0 aliphatic rings. The van der Waals surface area contributed by atoms with Crippen molar-refractivity contribution in [3.05, 3.63) is 87.2 Å². The molecule has 4 rings (SSSR count). The smallest absolute Gasteiger partial charge is 0.344 e. The summed E-state index contributed by atoms with van der Waals surface area (Å²) in [6.07, 6.45) is 0. The first-order valence-corrected chi connectivity index (χ1v) is 10.1. The zero-order valence-electron chi connectivity index (χ0n) is 16.7. The lowest BCUT2D eigenvalue weighted by molar-refractivity contribution is 0.0735. The number of halogens is 1. The third kappa shape index (κ3) is 4.32. The fourth-order valence-corrected chi connectivity index (χ4v) is 3.38. The Bertz CT molecular complexity index is 1320. The number of hydrogen-bond donors (Lipinski definition) is 0. The summed E-state index contributed by atoms with van der Waals surface area (Å²) in [5.74, 6) is 0.876. The Morgan fingerprint density at radius 2 is 1.58 bits per heavy atom. The molecule has 31 heavy (non-hydrogen) atoms. The van der Waals surface area contributed by atoms with Crippen molar-refractivity contribution in [3.63, 3.8) is 0 Å². The van der Waals surface area contributed by atoms with E-state index >= 15 is 0 Å². The van der Waals surface area contributed by atoms with Crippen LogP contribution >= 0.6 is 15.9 Å². The van der Waals surface area contributed by atoms with Gasteiger partial charge in [-0.2, -0.15) is 0 Å². The largest absolute Gasteiger partial charge is 0.497 e. The van der Waals surface area contributed by atoms with E-state index in [1.807, 2.05) is 0 Å². The van der Waals surface area contributed by atoms with E-state index in [1.165, 1.54) is 13.2 Å². The van der Waals surface area contributed by atoms with E-state index < -0.39 is 11.6 Å². The number of methoxy groups -OCH3 is 2. The van der Waals surface area contributed by atoms with Crippen LogP contribution in [0.25, 0.3) is 22.1 Å². The van der Waals surface area contributed by atoms with Crippen LogP contribution in [0.3, 0.4) is 0 Å². The van der Waals surface area contributed by atoms with E-state index in [4.69, 9.17) is 18.6 Å². The van der Waals surface area contributed by atoms with Gasteiger partial charge in [0.15, 0.2) is 0 Å². The second kappa shape index (κ2) is 8.65. The molecule has 3 aromatic carbocycles. The van der Waals surface area contributed by atoms with E-state index in [2.05, 4.69) is 15.9 Å². The molecule has 0 atom stereocenters. The Labute approximate surface area is 186 Å². The zero-order chi connectivity index (χ0) is 22.0. The maximum Gasteiger partial charge on any atom is 0.344 e. The number of fused-ring (bicyclic) bond motifs is 1. The average Bonchev–Trinajstić information content (AvgIpc) is 2.78.